The highest BCUT2D eigenvalue weighted by Gasteiger charge is 2.30. The lowest BCUT2D eigenvalue weighted by molar-refractivity contribution is 0.213. The molecule has 1 heterocycles. The van der Waals surface area contributed by atoms with Crippen LogP contribution in [0.5, 0.6) is 5.75 Å². The van der Waals surface area contributed by atoms with E-state index in [2.05, 4.69) is 17.4 Å². The molecule has 0 amide bonds. The van der Waals surface area contributed by atoms with Crippen LogP contribution in [0.4, 0.5) is 4.39 Å². The minimum absolute atomic E-state index is 0.187. The maximum Gasteiger partial charge on any atom is 0.131 e. The van der Waals surface area contributed by atoms with Gasteiger partial charge in [-0.1, -0.05) is 6.07 Å². The number of hydrogen-bond acceptors (Lipinski definition) is 5. The Hall–Kier alpha value is -0.820. The standard InChI is InChI=1S/C13H20FN3OS/c1-17-5-6-19-8-12(17)13(16-15)10-4-3-9(18-2)7-11(10)14/h3-4,7,12-13,16H,5-6,8,15H2,1-2H3. The Balaban J connectivity index is 2.25. The van der Waals surface area contributed by atoms with Crippen LogP contribution < -0.4 is 16.0 Å². The number of rotatable bonds is 4. The third kappa shape index (κ3) is 3.20. The van der Waals surface area contributed by atoms with Gasteiger partial charge >= 0.3 is 0 Å². The molecule has 6 heteroatoms. The zero-order valence-corrected chi connectivity index (χ0v) is 12.0. The van der Waals surface area contributed by atoms with Crippen molar-refractivity contribution in [1.29, 1.82) is 0 Å². The van der Waals surface area contributed by atoms with Gasteiger partial charge < -0.3 is 4.74 Å². The van der Waals surface area contributed by atoms with Crippen LogP contribution >= 0.6 is 11.8 Å². The Morgan fingerprint density at radius 2 is 2.37 bits per heavy atom. The van der Waals surface area contributed by atoms with Gasteiger partial charge in [0.15, 0.2) is 0 Å². The summed E-state index contributed by atoms with van der Waals surface area (Å²) < 4.78 is 19.2. The third-order valence-corrected chi connectivity index (χ3v) is 4.60. The second kappa shape index (κ2) is 6.56. The molecule has 0 spiro atoms. The lowest BCUT2D eigenvalue weighted by Crippen LogP contribution is -2.49. The molecule has 19 heavy (non-hydrogen) atoms. The summed E-state index contributed by atoms with van der Waals surface area (Å²) in [6.07, 6.45) is 0. The summed E-state index contributed by atoms with van der Waals surface area (Å²) in [6, 6.07) is 4.87. The minimum Gasteiger partial charge on any atom is -0.497 e. The van der Waals surface area contributed by atoms with E-state index in [1.165, 1.54) is 13.2 Å². The molecule has 2 rings (SSSR count). The fourth-order valence-corrected chi connectivity index (χ4v) is 3.62. The normalized spacial score (nSPS) is 22.2. The number of benzene rings is 1. The van der Waals surface area contributed by atoms with E-state index >= 15 is 0 Å². The highest BCUT2D eigenvalue weighted by Crippen LogP contribution is 2.29. The zero-order chi connectivity index (χ0) is 13.8. The molecule has 2 atom stereocenters. The lowest BCUT2D eigenvalue weighted by atomic mass is 9.99. The van der Waals surface area contributed by atoms with E-state index in [-0.39, 0.29) is 17.9 Å². The van der Waals surface area contributed by atoms with Crippen LogP contribution in [0.2, 0.25) is 0 Å². The fourth-order valence-electron chi connectivity index (χ4n) is 2.35. The molecule has 2 unspecified atom stereocenters. The number of nitrogens with zero attached hydrogens (tertiary/aromatic N) is 1. The first kappa shape index (κ1) is 14.6. The summed E-state index contributed by atoms with van der Waals surface area (Å²) in [6.45, 7) is 0.991. The Kier molecular flexibility index (Phi) is 5.04. The zero-order valence-electron chi connectivity index (χ0n) is 11.2. The van der Waals surface area contributed by atoms with Crippen LogP contribution in [0.25, 0.3) is 0 Å². The van der Waals surface area contributed by atoms with Crippen molar-refractivity contribution in [2.24, 2.45) is 5.84 Å². The van der Waals surface area contributed by atoms with E-state index in [1.807, 2.05) is 11.8 Å². The second-order valence-electron chi connectivity index (χ2n) is 4.65. The number of ether oxygens (including phenoxy) is 1. The van der Waals surface area contributed by atoms with Gasteiger partial charge in [-0.2, -0.15) is 11.8 Å². The van der Waals surface area contributed by atoms with E-state index < -0.39 is 0 Å². The smallest absolute Gasteiger partial charge is 0.131 e. The predicted molar refractivity (Wildman–Crippen MR) is 76.8 cm³/mol. The number of methoxy groups -OCH3 is 1. The summed E-state index contributed by atoms with van der Waals surface area (Å²) in [5.41, 5.74) is 3.35. The predicted octanol–water partition coefficient (Wildman–Crippen LogP) is 1.39. The summed E-state index contributed by atoms with van der Waals surface area (Å²) in [7, 11) is 3.58. The quantitative estimate of drug-likeness (QED) is 0.647. The van der Waals surface area contributed by atoms with Crippen molar-refractivity contribution in [2.75, 3.05) is 32.2 Å². The SMILES string of the molecule is COc1ccc(C(NN)C2CSCCN2C)c(F)c1. The molecule has 0 aromatic heterocycles. The molecule has 0 bridgehead atoms. The maximum absolute atomic E-state index is 14.2. The van der Waals surface area contributed by atoms with Crippen molar-refractivity contribution >= 4 is 11.8 Å². The summed E-state index contributed by atoms with van der Waals surface area (Å²) in [5.74, 6) is 7.93. The van der Waals surface area contributed by atoms with E-state index in [1.54, 1.807) is 12.1 Å². The molecule has 1 aromatic carbocycles. The van der Waals surface area contributed by atoms with Crippen molar-refractivity contribution in [3.63, 3.8) is 0 Å². The fraction of sp³-hybridized carbons (Fsp3) is 0.538. The van der Waals surface area contributed by atoms with Crippen LogP contribution in [0.3, 0.4) is 0 Å². The number of nitrogens with one attached hydrogen (secondary N) is 1. The van der Waals surface area contributed by atoms with Crippen molar-refractivity contribution in [3.8, 4) is 5.75 Å². The van der Waals surface area contributed by atoms with Gasteiger partial charge in [-0.3, -0.25) is 16.2 Å². The van der Waals surface area contributed by atoms with Crippen molar-refractivity contribution in [3.05, 3.63) is 29.6 Å². The minimum atomic E-state index is -0.286. The summed E-state index contributed by atoms with van der Waals surface area (Å²) >= 11 is 1.87. The number of likely N-dealkylation sites (N-methyl/N-ethyl adjacent to an activating group) is 1. The van der Waals surface area contributed by atoms with Gasteiger partial charge in [0, 0.05) is 35.7 Å². The summed E-state index contributed by atoms with van der Waals surface area (Å²) in [4.78, 5) is 2.23. The summed E-state index contributed by atoms with van der Waals surface area (Å²) in [5, 5.41) is 0. The highest BCUT2D eigenvalue weighted by molar-refractivity contribution is 7.99. The largest absolute Gasteiger partial charge is 0.497 e. The average molecular weight is 285 g/mol. The Labute approximate surface area is 117 Å². The Bertz CT molecular complexity index is 432. The van der Waals surface area contributed by atoms with Crippen molar-refractivity contribution < 1.29 is 9.13 Å². The van der Waals surface area contributed by atoms with E-state index in [0.717, 1.165) is 18.1 Å². The van der Waals surface area contributed by atoms with E-state index in [0.29, 0.717) is 11.3 Å². The molecule has 1 aromatic rings. The number of hydrogen-bond donors (Lipinski definition) is 2. The highest BCUT2D eigenvalue weighted by atomic mass is 32.2. The Morgan fingerprint density at radius 1 is 1.58 bits per heavy atom. The molecule has 1 aliphatic heterocycles. The first-order valence-corrected chi connectivity index (χ1v) is 7.40. The molecule has 4 nitrogen and oxygen atoms in total. The molecular formula is C13H20FN3OS. The van der Waals surface area contributed by atoms with Crippen LogP contribution in [0.1, 0.15) is 11.6 Å². The molecule has 3 N–H and O–H groups in total. The van der Waals surface area contributed by atoms with E-state index in [4.69, 9.17) is 10.6 Å². The lowest BCUT2D eigenvalue weighted by Gasteiger charge is -2.37. The van der Waals surface area contributed by atoms with Gasteiger partial charge in [0.05, 0.1) is 13.2 Å². The molecule has 1 aliphatic rings. The molecular weight excluding hydrogens is 265 g/mol. The maximum atomic E-state index is 14.2. The second-order valence-corrected chi connectivity index (χ2v) is 5.80. The van der Waals surface area contributed by atoms with Gasteiger partial charge in [-0.05, 0) is 13.1 Å². The van der Waals surface area contributed by atoms with Crippen molar-refractivity contribution in [2.45, 2.75) is 12.1 Å². The topological polar surface area (TPSA) is 50.5 Å². The monoisotopic (exact) mass is 285 g/mol. The number of halogens is 1. The van der Waals surface area contributed by atoms with Crippen LogP contribution in [-0.2, 0) is 0 Å². The van der Waals surface area contributed by atoms with Gasteiger partial charge in [-0.25, -0.2) is 4.39 Å². The van der Waals surface area contributed by atoms with Crippen LogP contribution in [0.15, 0.2) is 18.2 Å². The van der Waals surface area contributed by atoms with E-state index in [9.17, 15) is 4.39 Å². The van der Waals surface area contributed by atoms with Crippen LogP contribution in [-0.4, -0.2) is 43.1 Å². The molecule has 0 saturated carbocycles. The number of thioether (sulfide) groups is 1. The average Bonchev–Trinajstić information content (AvgIpc) is 2.43. The van der Waals surface area contributed by atoms with Gasteiger partial charge in [0.2, 0.25) is 0 Å². The number of nitrogens with two attached hydrogens (primary N) is 1. The molecule has 0 radical (unpaired) electrons. The van der Waals surface area contributed by atoms with Crippen molar-refractivity contribution in [1.82, 2.24) is 10.3 Å². The molecule has 106 valence electrons. The van der Waals surface area contributed by atoms with Gasteiger partial charge in [-0.15, -0.1) is 0 Å². The third-order valence-electron chi connectivity index (χ3n) is 3.55. The first-order valence-electron chi connectivity index (χ1n) is 6.25. The van der Waals surface area contributed by atoms with Gasteiger partial charge in [0.25, 0.3) is 0 Å². The molecule has 0 aliphatic carbocycles. The Morgan fingerprint density at radius 3 is 2.95 bits per heavy atom. The molecule has 1 fully saturated rings. The van der Waals surface area contributed by atoms with Gasteiger partial charge in [0.1, 0.15) is 11.6 Å². The number of hydrazine groups is 1. The first-order chi connectivity index (χ1) is 9.17. The molecule has 1 saturated heterocycles. The van der Waals surface area contributed by atoms with Crippen LogP contribution in [0, 0.1) is 5.82 Å².